The Morgan fingerprint density at radius 1 is 1.22 bits per heavy atom. The monoisotopic (exact) mass is 246 g/mol. The highest BCUT2D eigenvalue weighted by molar-refractivity contribution is 5.86. The molecular formula is C13H11FN2O2. The Labute approximate surface area is 103 Å². The molecule has 1 heterocycles. The molecule has 0 atom stereocenters. The van der Waals surface area contributed by atoms with E-state index >= 15 is 0 Å². The van der Waals surface area contributed by atoms with Gasteiger partial charge in [-0.1, -0.05) is 18.2 Å². The Balaban J connectivity index is 2.16. The quantitative estimate of drug-likeness (QED) is 0.897. The molecule has 1 N–H and O–H groups in total. The molecule has 0 radical (unpaired) electrons. The van der Waals surface area contributed by atoms with Crippen molar-refractivity contribution in [1.29, 1.82) is 0 Å². The third-order valence-corrected chi connectivity index (χ3v) is 2.61. The summed E-state index contributed by atoms with van der Waals surface area (Å²) in [5, 5.41) is 8.95. The van der Waals surface area contributed by atoms with Crippen molar-refractivity contribution >= 4 is 5.97 Å². The lowest BCUT2D eigenvalue weighted by atomic mass is 10.0. The summed E-state index contributed by atoms with van der Waals surface area (Å²) in [7, 11) is 0. The summed E-state index contributed by atoms with van der Waals surface area (Å²) in [6.07, 6.45) is 3.46. The average molecular weight is 246 g/mol. The number of carbonyl (C=O) groups is 1. The fourth-order valence-electron chi connectivity index (χ4n) is 1.70. The summed E-state index contributed by atoms with van der Waals surface area (Å²) in [4.78, 5) is 18.4. The molecule has 0 aliphatic carbocycles. The highest BCUT2D eigenvalue weighted by Crippen LogP contribution is 2.12. The number of aromatic carboxylic acids is 1. The number of carboxylic acid groups (broad SMARTS) is 1. The second-order valence-corrected chi connectivity index (χ2v) is 3.79. The van der Waals surface area contributed by atoms with Gasteiger partial charge in [0, 0.05) is 11.8 Å². The SMILES string of the molecule is O=C(O)c1ncncc1CCc1ccccc1F. The van der Waals surface area contributed by atoms with Crippen molar-refractivity contribution in [3.63, 3.8) is 0 Å². The molecule has 1 aromatic carbocycles. The fourth-order valence-corrected chi connectivity index (χ4v) is 1.70. The molecule has 0 unspecified atom stereocenters. The van der Waals surface area contributed by atoms with E-state index in [0.717, 1.165) is 0 Å². The lowest BCUT2D eigenvalue weighted by Gasteiger charge is -2.05. The molecule has 4 nitrogen and oxygen atoms in total. The minimum atomic E-state index is -1.10. The van der Waals surface area contributed by atoms with Gasteiger partial charge in [0.05, 0.1) is 0 Å². The first-order valence-corrected chi connectivity index (χ1v) is 5.44. The Morgan fingerprint density at radius 2 is 1.94 bits per heavy atom. The van der Waals surface area contributed by atoms with Crippen LogP contribution >= 0.6 is 0 Å². The minimum absolute atomic E-state index is 0.0265. The van der Waals surface area contributed by atoms with Crippen LogP contribution in [0.15, 0.2) is 36.8 Å². The van der Waals surface area contributed by atoms with E-state index < -0.39 is 5.97 Å². The fraction of sp³-hybridized carbons (Fsp3) is 0.154. The standard InChI is InChI=1S/C13H11FN2O2/c14-11-4-2-1-3-9(11)5-6-10-7-15-8-16-12(10)13(17)18/h1-4,7-8H,5-6H2,(H,17,18). The van der Waals surface area contributed by atoms with Gasteiger partial charge in [0.15, 0.2) is 5.69 Å². The van der Waals surface area contributed by atoms with Crippen LogP contribution in [-0.2, 0) is 12.8 Å². The maximum atomic E-state index is 13.4. The highest BCUT2D eigenvalue weighted by atomic mass is 19.1. The van der Waals surface area contributed by atoms with Crippen molar-refractivity contribution in [2.75, 3.05) is 0 Å². The zero-order valence-corrected chi connectivity index (χ0v) is 9.51. The van der Waals surface area contributed by atoms with Gasteiger partial charge < -0.3 is 5.11 Å². The predicted octanol–water partition coefficient (Wildman–Crippen LogP) is 2.10. The van der Waals surface area contributed by atoms with Crippen molar-refractivity contribution < 1.29 is 14.3 Å². The molecule has 0 fully saturated rings. The molecular weight excluding hydrogens is 235 g/mol. The number of benzene rings is 1. The van der Waals surface area contributed by atoms with E-state index in [0.29, 0.717) is 24.0 Å². The Kier molecular flexibility index (Phi) is 3.62. The van der Waals surface area contributed by atoms with E-state index in [1.807, 2.05) is 0 Å². The van der Waals surface area contributed by atoms with Gasteiger partial charge in [-0.3, -0.25) is 0 Å². The third kappa shape index (κ3) is 2.68. The van der Waals surface area contributed by atoms with Gasteiger partial charge >= 0.3 is 5.97 Å². The third-order valence-electron chi connectivity index (χ3n) is 2.61. The van der Waals surface area contributed by atoms with E-state index in [2.05, 4.69) is 9.97 Å². The van der Waals surface area contributed by atoms with Crippen molar-refractivity contribution in [3.8, 4) is 0 Å². The molecule has 1 aromatic heterocycles. The molecule has 0 spiro atoms. The van der Waals surface area contributed by atoms with Crippen molar-refractivity contribution in [3.05, 3.63) is 59.4 Å². The molecule has 0 saturated heterocycles. The van der Waals surface area contributed by atoms with Gasteiger partial charge in [-0.15, -0.1) is 0 Å². The lowest BCUT2D eigenvalue weighted by Crippen LogP contribution is -2.07. The topological polar surface area (TPSA) is 63.1 Å². The molecule has 18 heavy (non-hydrogen) atoms. The normalized spacial score (nSPS) is 10.3. The Hall–Kier alpha value is -2.30. The number of rotatable bonds is 4. The number of carboxylic acids is 1. The Bertz CT molecular complexity index is 572. The first-order chi connectivity index (χ1) is 8.68. The van der Waals surface area contributed by atoms with Crippen molar-refractivity contribution in [2.24, 2.45) is 0 Å². The molecule has 0 saturated carbocycles. The molecule has 0 bridgehead atoms. The largest absolute Gasteiger partial charge is 0.477 e. The minimum Gasteiger partial charge on any atom is -0.477 e. The maximum Gasteiger partial charge on any atom is 0.354 e. The van der Waals surface area contributed by atoms with Crippen LogP contribution in [0, 0.1) is 5.82 Å². The van der Waals surface area contributed by atoms with E-state index in [1.165, 1.54) is 18.6 Å². The summed E-state index contributed by atoms with van der Waals surface area (Å²) in [5.74, 6) is -1.38. The van der Waals surface area contributed by atoms with Gasteiger partial charge in [0.25, 0.3) is 0 Å². The zero-order chi connectivity index (χ0) is 13.0. The summed E-state index contributed by atoms with van der Waals surface area (Å²) in [5.41, 5.74) is 1.03. The predicted molar refractivity (Wildman–Crippen MR) is 62.8 cm³/mol. The van der Waals surface area contributed by atoms with Crippen molar-refractivity contribution in [2.45, 2.75) is 12.8 Å². The van der Waals surface area contributed by atoms with Gasteiger partial charge in [-0.05, 0) is 24.5 Å². The Morgan fingerprint density at radius 3 is 2.67 bits per heavy atom. The maximum absolute atomic E-state index is 13.4. The van der Waals surface area contributed by atoms with Crippen LogP contribution < -0.4 is 0 Å². The second-order valence-electron chi connectivity index (χ2n) is 3.79. The number of aryl methyl sites for hydroxylation is 2. The van der Waals surface area contributed by atoms with Crippen LogP contribution in [0.5, 0.6) is 0 Å². The first-order valence-electron chi connectivity index (χ1n) is 5.44. The molecule has 2 aromatic rings. The summed E-state index contributed by atoms with van der Waals surface area (Å²) >= 11 is 0. The number of aromatic nitrogens is 2. The van der Waals surface area contributed by atoms with Crippen LogP contribution in [0.2, 0.25) is 0 Å². The van der Waals surface area contributed by atoms with E-state index in [4.69, 9.17) is 5.11 Å². The van der Waals surface area contributed by atoms with Crippen molar-refractivity contribution in [1.82, 2.24) is 9.97 Å². The summed E-state index contributed by atoms with van der Waals surface area (Å²) in [6.45, 7) is 0. The van der Waals surface area contributed by atoms with Gasteiger partial charge in [-0.25, -0.2) is 19.2 Å². The molecule has 0 amide bonds. The van der Waals surface area contributed by atoms with Crippen LogP contribution in [0.1, 0.15) is 21.6 Å². The molecule has 0 aliphatic heterocycles. The number of nitrogens with zero attached hydrogens (tertiary/aromatic N) is 2. The number of hydrogen-bond acceptors (Lipinski definition) is 3. The summed E-state index contributed by atoms with van der Waals surface area (Å²) < 4.78 is 13.4. The average Bonchev–Trinajstić information content (AvgIpc) is 2.38. The van der Waals surface area contributed by atoms with E-state index in [9.17, 15) is 9.18 Å². The van der Waals surface area contributed by atoms with Gasteiger partial charge in [-0.2, -0.15) is 0 Å². The van der Waals surface area contributed by atoms with Crippen LogP contribution in [0.25, 0.3) is 0 Å². The second kappa shape index (κ2) is 5.35. The van der Waals surface area contributed by atoms with Gasteiger partial charge in [0.1, 0.15) is 12.1 Å². The number of hydrogen-bond donors (Lipinski definition) is 1. The lowest BCUT2D eigenvalue weighted by molar-refractivity contribution is 0.0689. The molecule has 92 valence electrons. The highest BCUT2D eigenvalue weighted by Gasteiger charge is 2.12. The molecule has 5 heteroatoms. The smallest absolute Gasteiger partial charge is 0.354 e. The first kappa shape index (κ1) is 12.2. The van der Waals surface area contributed by atoms with Crippen LogP contribution in [0.4, 0.5) is 4.39 Å². The van der Waals surface area contributed by atoms with Crippen LogP contribution in [0.3, 0.4) is 0 Å². The van der Waals surface area contributed by atoms with E-state index in [-0.39, 0.29) is 11.5 Å². The number of halogens is 1. The summed E-state index contributed by atoms with van der Waals surface area (Å²) in [6, 6.07) is 6.43. The zero-order valence-electron chi connectivity index (χ0n) is 9.51. The van der Waals surface area contributed by atoms with E-state index in [1.54, 1.807) is 18.2 Å². The molecule has 2 rings (SSSR count). The van der Waals surface area contributed by atoms with Crippen LogP contribution in [-0.4, -0.2) is 21.0 Å². The van der Waals surface area contributed by atoms with Gasteiger partial charge in [0.2, 0.25) is 0 Å². The molecule has 0 aliphatic rings.